The van der Waals surface area contributed by atoms with Crippen LogP contribution in [0.3, 0.4) is 0 Å². The van der Waals surface area contributed by atoms with Gasteiger partial charge in [0.2, 0.25) is 0 Å². The lowest BCUT2D eigenvalue weighted by Crippen LogP contribution is -2.01. The molecule has 0 spiro atoms. The Kier molecular flexibility index (Phi) is 3.39. The summed E-state index contributed by atoms with van der Waals surface area (Å²) in [5, 5.41) is 37.5. The second-order valence-electron chi connectivity index (χ2n) is 4.08. The third-order valence-corrected chi connectivity index (χ3v) is 2.77. The van der Waals surface area contributed by atoms with E-state index in [2.05, 4.69) is 0 Å². The summed E-state index contributed by atoms with van der Waals surface area (Å²) in [5.41, 5.74) is 0.190. The van der Waals surface area contributed by atoms with Crippen molar-refractivity contribution in [2.45, 2.75) is 0 Å². The fourth-order valence-electron chi connectivity index (χ4n) is 1.72. The standard InChI is InChI=1S/C14H12O6/c1-20-12-6-7(2-3-9(12)15)13(18)8-4-10(16)14(19)11(17)5-8/h2-6,15-17,19H,1H3. The van der Waals surface area contributed by atoms with Crippen LogP contribution in [0.15, 0.2) is 30.3 Å². The first kappa shape index (κ1) is 13.5. The van der Waals surface area contributed by atoms with E-state index in [1.807, 2.05) is 0 Å². The molecular weight excluding hydrogens is 264 g/mol. The first-order valence-corrected chi connectivity index (χ1v) is 5.60. The number of hydrogen-bond donors (Lipinski definition) is 4. The number of phenolic OH excluding ortho intramolecular Hbond substituents is 4. The summed E-state index contributed by atoms with van der Waals surface area (Å²) >= 11 is 0. The highest BCUT2D eigenvalue weighted by Crippen LogP contribution is 2.36. The van der Waals surface area contributed by atoms with Crippen LogP contribution in [0.1, 0.15) is 15.9 Å². The van der Waals surface area contributed by atoms with E-state index in [-0.39, 0.29) is 22.6 Å². The molecule has 0 saturated heterocycles. The van der Waals surface area contributed by atoms with Crippen molar-refractivity contribution in [2.24, 2.45) is 0 Å². The quantitative estimate of drug-likeness (QED) is 0.502. The van der Waals surface area contributed by atoms with Crippen molar-refractivity contribution in [3.63, 3.8) is 0 Å². The summed E-state index contributed by atoms with van der Waals surface area (Å²) in [4.78, 5) is 12.2. The van der Waals surface area contributed by atoms with Gasteiger partial charge in [0, 0.05) is 11.1 Å². The van der Waals surface area contributed by atoms with Gasteiger partial charge in [0.05, 0.1) is 7.11 Å². The first-order chi connectivity index (χ1) is 9.43. The van der Waals surface area contributed by atoms with Crippen LogP contribution in [-0.4, -0.2) is 33.3 Å². The van der Waals surface area contributed by atoms with Gasteiger partial charge in [-0.05, 0) is 30.3 Å². The van der Waals surface area contributed by atoms with Crippen LogP contribution >= 0.6 is 0 Å². The molecule has 0 heterocycles. The number of carbonyl (C=O) groups is 1. The fourth-order valence-corrected chi connectivity index (χ4v) is 1.72. The maximum atomic E-state index is 12.2. The highest BCUT2D eigenvalue weighted by atomic mass is 16.5. The van der Waals surface area contributed by atoms with E-state index < -0.39 is 23.0 Å². The zero-order valence-corrected chi connectivity index (χ0v) is 10.5. The largest absolute Gasteiger partial charge is 0.504 e. The molecule has 0 radical (unpaired) electrons. The predicted molar refractivity (Wildman–Crippen MR) is 69.5 cm³/mol. The lowest BCUT2D eigenvalue weighted by molar-refractivity contribution is 0.103. The Balaban J connectivity index is 2.46. The van der Waals surface area contributed by atoms with Gasteiger partial charge in [0.25, 0.3) is 0 Å². The maximum Gasteiger partial charge on any atom is 0.200 e. The third kappa shape index (κ3) is 2.31. The van der Waals surface area contributed by atoms with Gasteiger partial charge in [-0.15, -0.1) is 0 Å². The molecule has 0 aliphatic rings. The molecule has 2 aromatic rings. The molecule has 0 aliphatic heterocycles. The molecule has 20 heavy (non-hydrogen) atoms. The molecule has 2 rings (SSSR count). The van der Waals surface area contributed by atoms with Crippen molar-refractivity contribution in [3.8, 4) is 28.7 Å². The molecular formula is C14H12O6. The Labute approximate surface area is 114 Å². The molecule has 2 aromatic carbocycles. The predicted octanol–water partition coefficient (Wildman–Crippen LogP) is 1.75. The molecule has 0 saturated carbocycles. The van der Waals surface area contributed by atoms with E-state index in [1.54, 1.807) is 0 Å². The molecule has 0 amide bonds. The number of ketones is 1. The van der Waals surface area contributed by atoms with Crippen LogP contribution in [0.2, 0.25) is 0 Å². The van der Waals surface area contributed by atoms with Crippen molar-refractivity contribution in [3.05, 3.63) is 41.5 Å². The molecule has 0 aromatic heterocycles. The number of ether oxygens (including phenoxy) is 1. The van der Waals surface area contributed by atoms with Crippen LogP contribution in [0.5, 0.6) is 28.7 Å². The SMILES string of the molecule is COc1cc(C(=O)c2cc(O)c(O)c(O)c2)ccc1O. The monoisotopic (exact) mass is 276 g/mol. The van der Waals surface area contributed by atoms with Crippen molar-refractivity contribution < 1.29 is 30.0 Å². The number of aromatic hydroxyl groups is 4. The van der Waals surface area contributed by atoms with E-state index in [4.69, 9.17) is 4.74 Å². The Morgan fingerprint density at radius 2 is 1.50 bits per heavy atom. The maximum absolute atomic E-state index is 12.2. The lowest BCUT2D eigenvalue weighted by Gasteiger charge is -2.08. The summed E-state index contributed by atoms with van der Waals surface area (Å²) in [6.07, 6.45) is 0. The van der Waals surface area contributed by atoms with Crippen LogP contribution in [-0.2, 0) is 0 Å². The topological polar surface area (TPSA) is 107 Å². The highest BCUT2D eigenvalue weighted by Gasteiger charge is 2.16. The number of benzene rings is 2. The van der Waals surface area contributed by atoms with E-state index in [1.165, 1.54) is 25.3 Å². The summed E-state index contributed by atoms with van der Waals surface area (Å²) in [6, 6.07) is 6.08. The van der Waals surface area contributed by atoms with Crippen molar-refractivity contribution in [1.82, 2.24) is 0 Å². The van der Waals surface area contributed by atoms with E-state index in [0.717, 1.165) is 12.1 Å². The van der Waals surface area contributed by atoms with Crippen LogP contribution in [0.25, 0.3) is 0 Å². The summed E-state index contributed by atoms with van der Waals surface area (Å²) in [6.45, 7) is 0. The van der Waals surface area contributed by atoms with E-state index in [9.17, 15) is 25.2 Å². The molecule has 0 bridgehead atoms. The third-order valence-electron chi connectivity index (χ3n) is 2.77. The average Bonchev–Trinajstić information content (AvgIpc) is 2.44. The Bertz CT molecular complexity index is 654. The first-order valence-electron chi connectivity index (χ1n) is 5.60. The van der Waals surface area contributed by atoms with E-state index >= 15 is 0 Å². The zero-order chi connectivity index (χ0) is 14.9. The Hall–Kier alpha value is -2.89. The second kappa shape index (κ2) is 5.00. The number of carbonyl (C=O) groups excluding carboxylic acids is 1. The van der Waals surface area contributed by atoms with Crippen LogP contribution in [0.4, 0.5) is 0 Å². The van der Waals surface area contributed by atoms with Crippen LogP contribution in [0, 0.1) is 0 Å². The lowest BCUT2D eigenvalue weighted by atomic mass is 10.0. The van der Waals surface area contributed by atoms with Gasteiger partial charge in [-0.25, -0.2) is 0 Å². The normalized spacial score (nSPS) is 10.2. The number of rotatable bonds is 3. The summed E-state index contributed by atoms with van der Waals surface area (Å²) in [7, 11) is 1.35. The highest BCUT2D eigenvalue weighted by molar-refractivity contribution is 6.10. The molecule has 0 unspecified atom stereocenters. The number of methoxy groups -OCH3 is 1. The van der Waals surface area contributed by atoms with Gasteiger partial charge in [0.15, 0.2) is 34.5 Å². The molecule has 104 valence electrons. The van der Waals surface area contributed by atoms with Crippen molar-refractivity contribution >= 4 is 5.78 Å². The fraction of sp³-hybridized carbons (Fsp3) is 0.0714. The van der Waals surface area contributed by atoms with Gasteiger partial charge in [-0.2, -0.15) is 0 Å². The minimum atomic E-state index is -0.690. The molecule has 0 fully saturated rings. The van der Waals surface area contributed by atoms with Gasteiger partial charge in [-0.3, -0.25) is 4.79 Å². The minimum absolute atomic E-state index is 0.00876. The zero-order valence-electron chi connectivity index (χ0n) is 10.5. The summed E-state index contributed by atoms with van der Waals surface area (Å²) < 4.78 is 4.90. The Morgan fingerprint density at radius 1 is 0.900 bits per heavy atom. The average molecular weight is 276 g/mol. The molecule has 0 atom stereocenters. The van der Waals surface area contributed by atoms with Crippen molar-refractivity contribution in [1.29, 1.82) is 0 Å². The Morgan fingerprint density at radius 3 is 2.05 bits per heavy atom. The molecule has 6 heteroatoms. The summed E-state index contributed by atoms with van der Waals surface area (Å²) in [5.74, 6) is -2.37. The van der Waals surface area contributed by atoms with E-state index in [0.29, 0.717) is 0 Å². The minimum Gasteiger partial charge on any atom is -0.504 e. The van der Waals surface area contributed by atoms with Gasteiger partial charge < -0.3 is 25.2 Å². The number of hydrogen-bond acceptors (Lipinski definition) is 6. The number of phenols is 4. The van der Waals surface area contributed by atoms with Crippen LogP contribution < -0.4 is 4.74 Å². The molecule has 0 aliphatic carbocycles. The molecule has 6 nitrogen and oxygen atoms in total. The molecule has 4 N–H and O–H groups in total. The smallest absolute Gasteiger partial charge is 0.200 e. The van der Waals surface area contributed by atoms with Gasteiger partial charge in [-0.1, -0.05) is 0 Å². The van der Waals surface area contributed by atoms with Gasteiger partial charge >= 0.3 is 0 Å². The second-order valence-corrected chi connectivity index (χ2v) is 4.08. The van der Waals surface area contributed by atoms with Gasteiger partial charge in [0.1, 0.15) is 0 Å². The van der Waals surface area contributed by atoms with Crippen molar-refractivity contribution in [2.75, 3.05) is 7.11 Å².